The fraction of sp³-hybridized carbons (Fsp3) is 0.754. The van der Waals surface area contributed by atoms with Gasteiger partial charge in [-0.25, -0.2) is 0 Å². The van der Waals surface area contributed by atoms with Gasteiger partial charge in [0.2, 0.25) is 5.91 Å². The number of rotatable bonds is 37. The summed E-state index contributed by atoms with van der Waals surface area (Å²) in [6.07, 6.45) is 6.93. The summed E-state index contributed by atoms with van der Waals surface area (Å²) in [5, 5.41) is 2.99. The number of ether oxygens (including phenoxy) is 9. The van der Waals surface area contributed by atoms with Gasteiger partial charge < -0.3 is 47.9 Å². The van der Waals surface area contributed by atoms with Gasteiger partial charge in [-0.2, -0.15) is 0 Å². The molecule has 1 aromatic rings. The lowest BCUT2D eigenvalue weighted by Gasteiger charge is -2.43. The number of hydrogen-bond acceptors (Lipinski definition) is 17. The monoisotopic (exact) mass is 1060 g/mol. The third-order valence-electron chi connectivity index (χ3n) is 14.2. The molecule has 75 heavy (non-hydrogen) atoms. The van der Waals surface area contributed by atoms with Crippen molar-refractivity contribution in [2.45, 2.75) is 215 Å². The number of hydrogen-bond donors (Lipinski definition) is 1. The number of unbranched alkanes of at least 4 members (excludes halogenated alkanes) is 8. The van der Waals surface area contributed by atoms with Gasteiger partial charge in [-0.3, -0.25) is 38.4 Å². The fourth-order valence-corrected chi connectivity index (χ4v) is 9.40. The van der Waals surface area contributed by atoms with E-state index in [1.165, 1.54) is 27.7 Å². The quantitative estimate of drug-likeness (QED) is 0.0373. The van der Waals surface area contributed by atoms with Crippen molar-refractivity contribution in [3.8, 4) is 0 Å². The average Bonchev–Trinajstić information content (AvgIpc) is 3.36. The number of amides is 1. The van der Waals surface area contributed by atoms with Crippen molar-refractivity contribution in [2.75, 3.05) is 33.0 Å². The van der Waals surface area contributed by atoms with E-state index in [2.05, 4.69) is 5.32 Å². The Bertz CT molecular complexity index is 1890. The first kappa shape index (κ1) is 64.5. The van der Waals surface area contributed by atoms with Gasteiger partial charge in [0.1, 0.15) is 55.8 Å². The van der Waals surface area contributed by atoms with E-state index >= 15 is 0 Å². The Morgan fingerprint density at radius 2 is 1.03 bits per heavy atom. The third kappa shape index (κ3) is 26.2. The molecule has 2 heterocycles. The Hall–Kier alpha value is -4.78. The van der Waals surface area contributed by atoms with Crippen molar-refractivity contribution in [1.82, 2.24) is 5.32 Å². The van der Waals surface area contributed by atoms with E-state index in [9.17, 15) is 38.4 Å². The van der Waals surface area contributed by atoms with Crippen LogP contribution < -0.4 is 5.32 Å². The summed E-state index contributed by atoms with van der Waals surface area (Å²) in [5.74, 6) is -2.81. The van der Waals surface area contributed by atoms with Crippen LogP contribution in [0.5, 0.6) is 0 Å². The minimum absolute atomic E-state index is 0.0385. The highest BCUT2D eigenvalue weighted by Gasteiger charge is 2.46. The first-order valence-electron chi connectivity index (χ1n) is 27.5. The van der Waals surface area contributed by atoms with Crippen molar-refractivity contribution in [1.29, 1.82) is 0 Å². The molecule has 10 unspecified atom stereocenters. The Morgan fingerprint density at radius 3 is 1.55 bits per heavy atom. The Morgan fingerprint density at radius 1 is 0.533 bits per heavy atom. The zero-order valence-corrected chi connectivity index (χ0v) is 46.1. The van der Waals surface area contributed by atoms with Crippen molar-refractivity contribution in [2.24, 2.45) is 29.6 Å². The molecule has 424 valence electrons. The molecule has 0 aliphatic carbocycles. The molecule has 0 bridgehead atoms. The molecular formula is C57H89NO17. The van der Waals surface area contributed by atoms with Gasteiger partial charge in [0.15, 0.2) is 12.6 Å². The molecule has 0 aromatic heterocycles. The second-order valence-electron chi connectivity index (χ2n) is 20.5. The molecule has 1 aromatic carbocycles. The molecule has 0 spiro atoms. The van der Waals surface area contributed by atoms with Crippen LogP contribution in [0.2, 0.25) is 0 Å². The summed E-state index contributed by atoms with van der Waals surface area (Å²) in [5.41, 5.74) is 0.936. The van der Waals surface area contributed by atoms with Crippen LogP contribution in [0.15, 0.2) is 30.3 Å². The van der Waals surface area contributed by atoms with E-state index in [0.29, 0.717) is 103 Å². The molecule has 2 aliphatic rings. The molecule has 2 fully saturated rings. The summed E-state index contributed by atoms with van der Waals surface area (Å²) in [7, 11) is 0. The predicted octanol–water partition coefficient (Wildman–Crippen LogP) is 8.64. The Balaban J connectivity index is 1.39. The molecule has 2 aliphatic heterocycles. The number of nitrogens with one attached hydrogen (secondary N) is 1. The summed E-state index contributed by atoms with van der Waals surface area (Å²) >= 11 is 0. The van der Waals surface area contributed by atoms with E-state index < -0.39 is 66.8 Å². The summed E-state index contributed by atoms with van der Waals surface area (Å²) in [6, 6.07) is 9.53. The maximum atomic E-state index is 13.6. The Kier molecular flexibility index (Phi) is 31.2. The first-order chi connectivity index (χ1) is 35.9. The molecule has 1 amide bonds. The highest BCUT2D eigenvalue weighted by molar-refractivity contribution is 5.88. The van der Waals surface area contributed by atoms with Gasteiger partial charge in [-0.15, -0.1) is 0 Å². The molecule has 18 heteroatoms. The largest absolute Gasteiger partial charge is 0.463 e. The number of benzene rings is 1. The Labute approximate surface area is 445 Å². The van der Waals surface area contributed by atoms with E-state index in [1.807, 2.05) is 58.0 Å². The van der Waals surface area contributed by atoms with E-state index in [0.717, 1.165) is 31.2 Å². The maximum absolute atomic E-state index is 13.6. The van der Waals surface area contributed by atoms with Gasteiger partial charge >= 0.3 is 29.8 Å². The zero-order chi connectivity index (χ0) is 55.1. The van der Waals surface area contributed by atoms with Gasteiger partial charge in [-0.05, 0) is 56.9 Å². The number of carbonyl (C=O) groups excluding carboxylic acids is 8. The molecule has 0 saturated carbocycles. The summed E-state index contributed by atoms with van der Waals surface area (Å²) in [4.78, 5) is 98.4. The van der Waals surface area contributed by atoms with Crippen molar-refractivity contribution in [3.63, 3.8) is 0 Å². The SMILES string of the molecule is CC(=O)OCC1OC(OCCCCCC(=O)C[C@@H](CCCCNC(=O)CCCCCOC2OC(COC(C)=O)C(OC(C)=O)C(C)C2C)C(=O)CCCCCCC(=O)OCc2ccccc2)C(C)C(C)C1OC(C)=O. The maximum Gasteiger partial charge on any atom is 0.306 e. The predicted molar refractivity (Wildman–Crippen MR) is 276 cm³/mol. The normalized spacial score (nSPS) is 23.8. The smallest absolute Gasteiger partial charge is 0.306 e. The summed E-state index contributed by atoms with van der Waals surface area (Å²) < 4.78 is 51.2. The van der Waals surface area contributed by atoms with Crippen molar-refractivity contribution >= 4 is 47.3 Å². The first-order valence-corrected chi connectivity index (χ1v) is 27.5. The third-order valence-corrected chi connectivity index (χ3v) is 14.2. The van der Waals surface area contributed by atoms with Crippen molar-refractivity contribution in [3.05, 3.63) is 35.9 Å². The number of Topliss-reactive ketones (excluding diaryl/α,β-unsaturated/α-hetero) is 2. The van der Waals surface area contributed by atoms with Gasteiger partial charge in [-0.1, -0.05) is 90.1 Å². The fourth-order valence-electron chi connectivity index (χ4n) is 9.40. The highest BCUT2D eigenvalue weighted by atomic mass is 16.7. The van der Waals surface area contributed by atoms with Gasteiger partial charge in [0.25, 0.3) is 0 Å². The second-order valence-corrected chi connectivity index (χ2v) is 20.5. The lowest BCUT2D eigenvalue weighted by Crippen LogP contribution is -2.53. The summed E-state index contributed by atoms with van der Waals surface area (Å²) in [6.45, 7) is 14.5. The second kappa shape index (κ2) is 36.3. The van der Waals surface area contributed by atoms with E-state index in [-0.39, 0.29) is 73.4 Å². The lowest BCUT2D eigenvalue weighted by atomic mass is 9.84. The number of esters is 5. The van der Waals surface area contributed by atoms with Crippen LogP contribution >= 0.6 is 0 Å². The van der Waals surface area contributed by atoms with Gasteiger partial charge in [0, 0.05) is 109 Å². The molecule has 11 atom stereocenters. The minimum Gasteiger partial charge on any atom is -0.463 e. The lowest BCUT2D eigenvalue weighted by molar-refractivity contribution is -0.273. The van der Waals surface area contributed by atoms with Crippen LogP contribution in [0.4, 0.5) is 0 Å². The highest BCUT2D eigenvalue weighted by Crippen LogP contribution is 2.35. The molecule has 18 nitrogen and oxygen atoms in total. The standard InChI is InChI=1S/C57H89NO17/c1-38-40(3)56(74-50(36-69-42(5)59)54(38)72-44(7)61)67-32-22-12-16-27-48(63)34-47(49(64)28-17-9-10-19-30-53(66)71-35-46-24-14-11-15-25-46)26-20-21-31-58-52(65)29-18-13-23-33-68-57-41(4)39(2)55(73-45(8)62)51(75-57)37-70-43(6)60/h11,14-15,24-25,38-41,47,50-51,54-57H,9-10,12-13,16-23,26-37H2,1-8H3,(H,58,65)/t38?,39?,40?,41?,47-,50?,51?,54?,55?,56?,57?/m1/s1. The van der Waals surface area contributed by atoms with Crippen LogP contribution in [-0.4, -0.2) is 117 Å². The molecule has 0 radical (unpaired) electrons. The average molecular weight is 1060 g/mol. The topological polar surface area (TPSA) is 232 Å². The van der Waals surface area contributed by atoms with E-state index in [1.54, 1.807) is 0 Å². The number of ketones is 2. The van der Waals surface area contributed by atoms with Crippen LogP contribution in [0, 0.1) is 29.6 Å². The molecular weight excluding hydrogens is 971 g/mol. The van der Waals surface area contributed by atoms with Crippen LogP contribution in [-0.2, 0) is 87.6 Å². The molecule has 2 saturated heterocycles. The number of carbonyl (C=O) groups is 8. The van der Waals surface area contributed by atoms with Crippen molar-refractivity contribution < 1.29 is 81.0 Å². The molecule has 1 N–H and O–H groups in total. The van der Waals surface area contributed by atoms with Gasteiger partial charge in [0.05, 0.1) is 0 Å². The molecule has 3 rings (SSSR count). The minimum atomic E-state index is -0.668. The van der Waals surface area contributed by atoms with Crippen LogP contribution in [0.3, 0.4) is 0 Å². The van der Waals surface area contributed by atoms with E-state index in [4.69, 9.17) is 42.6 Å². The zero-order valence-electron chi connectivity index (χ0n) is 46.1. The van der Waals surface area contributed by atoms with Crippen LogP contribution in [0.1, 0.15) is 177 Å². The van der Waals surface area contributed by atoms with Crippen LogP contribution in [0.25, 0.3) is 0 Å².